The van der Waals surface area contributed by atoms with Crippen molar-refractivity contribution in [2.24, 2.45) is 5.73 Å². The van der Waals surface area contributed by atoms with Crippen LogP contribution in [-0.4, -0.2) is 56.0 Å². The molecule has 4 nitrogen and oxygen atoms in total. The van der Waals surface area contributed by atoms with Gasteiger partial charge in [-0.05, 0) is 40.7 Å². The number of rotatable bonds is 6. The van der Waals surface area contributed by atoms with E-state index in [0.717, 1.165) is 19.4 Å². The van der Waals surface area contributed by atoms with Crippen LogP contribution in [0.3, 0.4) is 0 Å². The van der Waals surface area contributed by atoms with Crippen molar-refractivity contribution in [3.63, 3.8) is 0 Å². The number of nitrogens with two attached hydrogens (primary N) is 1. The Hall–Kier alpha value is -0.160. The zero-order valence-corrected chi connectivity index (χ0v) is 11.9. The summed E-state index contributed by atoms with van der Waals surface area (Å²) in [5.41, 5.74) is 5.79. The van der Waals surface area contributed by atoms with Crippen LogP contribution in [0.25, 0.3) is 0 Å². The topological polar surface area (TPSA) is 47.7 Å². The van der Waals surface area contributed by atoms with Gasteiger partial charge in [0.1, 0.15) is 0 Å². The second-order valence-corrected chi connectivity index (χ2v) is 5.65. The van der Waals surface area contributed by atoms with Crippen LogP contribution in [0.2, 0.25) is 0 Å². The summed E-state index contributed by atoms with van der Waals surface area (Å²) in [6.07, 6.45) is 2.35. The Morgan fingerprint density at radius 1 is 1.53 bits per heavy atom. The molecule has 1 fully saturated rings. The van der Waals surface area contributed by atoms with E-state index in [-0.39, 0.29) is 5.60 Å². The van der Waals surface area contributed by atoms with Crippen molar-refractivity contribution in [1.29, 1.82) is 0 Å². The van der Waals surface area contributed by atoms with Gasteiger partial charge in [-0.3, -0.25) is 4.90 Å². The molecule has 0 amide bonds. The molecule has 3 atom stereocenters. The Kier molecular flexibility index (Phi) is 5.38. The molecule has 102 valence electrons. The van der Waals surface area contributed by atoms with Gasteiger partial charge in [0.05, 0.1) is 11.7 Å². The van der Waals surface area contributed by atoms with Crippen LogP contribution >= 0.6 is 0 Å². The smallest absolute Gasteiger partial charge is 0.0703 e. The highest BCUT2D eigenvalue weighted by Crippen LogP contribution is 2.24. The number of nitrogens with zero attached hydrogens (tertiary/aromatic N) is 1. The lowest BCUT2D eigenvalue weighted by Crippen LogP contribution is -2.49. The molecule has 0 aromatic carbocycles. The normalized spacial score (nSPS) is 27.7. The second-order valence-electron chi connectivity index (χ2n) is 5.65. The fourth-order valence-corrected chi connectivity index (χ4v) is 2.57. The molecule has 0 saturated carbocycles. The second kappa shape index (κ2) is 6.14. The summed E-state index contributed by atoms with van der Waals surface area (Å²) in [4.78, 5) is 2.37. The number of likely N-dealkylation sites (N-methyl/N-ethyl adjacent to an activating group) is 1. The maximum atomic E-state index is 5.91. The van der Waals surface area contributed by atoms with E-state index >= 15 is 0 Å². The SMILES string of the molecule is COC(C)(C)CC(CN)N(C)C1CCOC1C. The van der Waals surface area contributed by atoms with Gasteiger partial charge in [-0.1, -0.05) is 0 Å². The predicted octanol–water partition coefficient (Wildman–Crippen LogP) is 1.24. The lowest BCUT2D eigenvalue weighted by molar-refractivity contribution is -0.0150. The molecule has 0 aromatic heterocycles. The van der Waals surface area contributed by atoms with Crippen molar-refractivity contribution >= 4 is 0 Å². The average molecular weight is 244 g/mol. The third kappa shape index (κ3) is 3.91. The standard InChI is InChI=1S/C13H28N2O2/c1-10-12(6-7-17-10)15(4)11(9-14)8-13(2,3)16-5/h10-12H,6-9,14H2,1-5H3. The van der Waals surface area contributed by atoms with Crippen LogP contribution < -0.4 is 5.73 Å². The van der Waals surface area contributed by atoms with E-state index in [4.69, 9.17) is 15.2 Å². The first-order chi connectivity index (χ1) is 7.91. The zero-order valence-electron chi connectivity index (χ0n) is 11.9. The van der Waals surface area contributed by atoms with Crippen molar-refractivity contribution in [3.05, 3.63) is 0 Å². The van der Waals surface area contributed by atoms with Gasteiger partial charge in [0, 0.05) is 32.3 Å². The number of hydrogen-bond donors (Lipinski definition) is 1. The summed E-state index contributed by atoms with van der Waals surface area (Å²) in [5.74, 6) is 0. The summed E-state index contributed by atoms with van der Waals surface area (Å²) in [6, 6.07) is 0.829. The maximum Gasteiger partial charge on any atom is 0.0703 e. The predicted molar refractivity (Wildman–Crippen MR) is 70.1 cm³/mol. The van der Waals surface area contributed by atoms with Crippen molar-refractivity contribution in [3.8, 4) is 0 Å². The first kappa shape index (κ1) is 14.9. The van der Waals surface area contributed by atoms with Gasteiger partial charge in [-0.25, -0.2) is 0 Å². The molecule has 0 aromatic rings. The first-order valence-corrected chi connectivity index (χ1v) is 6.50. The molecule has 0 bridgehead atoms. The van der Waals surface area contributed by atoms with Crippen LogP contribution in [-0.2, 0) is 9.47 Å². The van der Waals surface area contributed by atoms with Crippen molar-refractivity contribution in [2.75, 3.05) is 27.3 Å². The zero-order chi connectivity index (χ0) is 13.1. The van der Waals surface area contributed by atoms with Crippen molar-refractivity contribution < 1.29 is 9.47 Å². The Labute approximate surface area is 105 Å². The lowest BCUT2D eigenvalue weighted by Gasteiger charge is -2.37. The number of methoxy groups -OCH3 is 1. The Balaban J connectivity index is 2.60. The van der Waals surface area contributed by atoms with Crippen LogP contribution in [0.5, 0.6) is 0 Å². The van der Waals surface area contributed by atoms with Gasteiger partial charge >= 0.3 is 0 Å². The minimum absolute atomic E-state index is 0.124. The molecule has 1 rings (SSSR count). The monoisotopic (exact) mass is 244 g/mol. The largest absolute Gasteiger partial charge is 0.379 e. The van der Waals surface area contributed by atoms with E-state index in [1.807, 2.05) is 0 Å². The Morgan fingerprint density at radius 3 is 2.59 bits per heavy atom. The van der Waals surface area contributed by atoms with Gasteiger partial charge < -0.3 is 15.2 Å². The quantitative estimate of drug-likeness (QED) is 0.763. The fourth-order valence-electron chi connectivity index (χ4n) is 2.57. The summed E-state index contributed by atoms with van der Waals surface area (Å²) < 4.78 is 11.1. The molecule has 3 unspecified atom stereocenters. The summed E-state index contributed by atoms with van der Waals surface area (Å²) >= 11 is 0. The summed E-state index contributed by atoms with van der Waals surface area (Å²) in [5, 5.41) is 0. The minimum Gasteiger partial charge on any atom is -0.379 e. The third-order valence-electron chi connectivity index (χ3n) is 3.99. The van der Waals surface area contributed by atoms with E-state index in [2.05, 4.69) is 32.7 Å². The molecule has 1 saturated heterocycles. The van der Waals surface area contributed by atoms with Crippen molar-refractivity contribution in [2.45, 2.75) is 57.4 Å². The van der Waals surface area contributed by atoms with E-state index in [1.54, 1.807) is 7.11 Å². The lowest BCUT2D eigenvalue weighted by atomic mass is 9.96. The molecule has 1 aliphatic rings. The van der Waals surface area contributed by atoms with Crippen LogP contribution in [0.15, 0.2) is 0 Å². The number of ether oxygens (including phenoxy) is 2. The highest BCUT2D eigenvalue weighted by atomic mass is 16.5. The van der Waals surface area contributed by atoms with Crippen LogP contribution in [0, 0.1) is 0 Å². The highest BCUT2D eigenvalue weighted by molar-refractivity contribution is 4.88. The Morgan fingerprint density at radius 2 is 2.18 bits per heavy atom. The molecule has 2 N–H and O–H groups in total. The molecular formula is C13H28N2O2. The van der Waals surface area contributed by atoms with E-state index < -0.39 is 0 Å². The molecule has 17 heavy (non-hydrogen) atoms. The maximum absolute atomic E-state index is 5.91. The summed E-state index contributed by atoms with van der Waals surface area (Å²) in [7, 11) is 3.91. The molecule has 4 heteroatoms. The van der Waals surface area contributed by atoms with Crippen LogP contribution in [0.4, 0.5) is 0 Å². The van der Waals surface area contributed by atoms with Crippen LogP contribution in [0.1, 0.15) is 33.6 Å². The molecular weight excluding hydrogens is 216 g/mol. The highest BCUT2D eigenvalue weighted by Gasteiger charge is 2.33. The fraction of sp³-hybridized carbons (Fsp3) is 1.00. The van der Waals surface area contributed by atoms with E-state index in [0.29, 0.717) is 24.7 Å². The molecule has 1 heterocycles. The van der Waals surface area contributed by atoms with E-state index in [9.17, 15) is 0 Å². The average Bonchev–Trinajstić information content (AvgIpc) is 2.71. The van der Waals surface area contributed by atoms with Gasteiger partial charge in [-0.15, -0.1) is 0 Å². The molecule has 0 aliphatic carbocycles. The molecule has 1 aliphatic heterocycles. The number of hydrogen-bond acceptors (Lipinski definition) is 4. The minimum atomic E-state index is -0.124. The summed E-state index contributed by atoms with van der Waals surface area (Å²) in [6.45, 7) is 7.88. The molecule has 0 spiro atoms. The Bertz CT molecular complexity index is 233. The first-order valence-electron chi connectivity index (χ1n) is 6.50. The van der Waals surface area contributed by atoms with Crippen molar-refractivity contribution in [1.82, 2.24) is 4.90 Å². The van der Waals surface area contributed by atoms with Gasteiger partial charge in [0.15, 0.2) is 0 Å². The van der Waals surface area contributed by atoms with Gasteiger partial charge in [0.25, 0.3) is 0 Å². The van der Waals surface area contributed by atoms with E-state index in [1.165, 1.54) is 0 Å². The van der Waals surface area contributed by atoms with Gasteiger partial charge in [0.2, 0.25) is 0 Å². The third-order valence-corrected chi connectivity index (χ3v) is 3.99. The molecule has 0 radical (unpaired) electrons. The van der Waals surface area contributed by atoms with Gasteiger partial charge in [-0.2, -0.15) is 0 Å².